The first-order valence-corrected chi connectivity index (χ1v) is 9.35. The summed E-state index contributed by atoms with van der Waals surface area (Å²) in [5.41, 5.74) is 1.03. The molecule has 122 valence electrons. The minimum Gasteiger partial charge on any atom is -0.356 e. The van der Waals surface area contributed by atoms with Crippen LogP contribution in [-0.2, 0) is 0 Å². The molecule has 0 radical (unpaired) electrons. The van der Waals surface area contributed by atoms with Gasteiger partial charge in [0.2, 0.25) is 0 Å². The smallest absolute Gasteiger partial charge is 0.261 e. The maximum atomic E-state index is 12.5. The Hall–Kier alpha value is -1.69. The summed E-state index contributed by atoms with van der Waals surface area (Å²) in [4.78, 5) is 25.6. The fourth-order valence-electron chi connectivity index (χ4n) is 3.27. The molecule has 5 nitrogen and oxygen atoms in total. The summed E-state index contributed by atoms with van der Waals surface area (Å²) in [6, 6.07) is 0.378. The standard InChI is InChI=1S/C17H22N4OS/c1-11-13-15(21-8-4-2-3-5-9-21)18-10-19-17(13)23-14(11)16(22)20-12-6-7-12/h10,12H,2-9H2,1H3,(H,20,22). The fraction of sp³-hybridized carbons (Fsp3) is 0.588. The zero-order chi connectivity index (χ0) is 15.8. The number of aromatic nitrogens is 2. The van der Waals surface area contributed by atoms with Crippen LogP contribution in [0.1, 0.15) is 53.8 Å². The third-order valence-corrected chi connectivity index (χ3v) is 5.93. The van der Waals surface area contributed by atoms with E-state index in [9.17, 15) is 4.79 Å². The lowest BCUT2D eigenvalue weighted by atomic mass is 10.2. The second kappa shape index (κ2) is 6.07. The number of nitrogens with zero attached hydrogens (tertiary/aromatic N) is 3. The van der Waals surface area contributed by atoms with Crippen LogP contribution in [-0.4, -0.2) is 35.0 Å². The van der Waals surface area contributed by atoms with Gasteiger partial charge in [-0.3, -0.25) is 4.79 Å². The number of nitrogens with one attached hydrogen (secondary N) is 1. The topological polar surface area (TPSA) is 58.1 Å². The van der Waals surface area contributed by atoms with Crippen molar-refractivity contribution >= 4 is 33.3 Å². The number of rotatable bonds is 3. The highest BCUT2D eigenvalue weighted by molar-refractivity contribution is 7.20. The number of hydrogen-bond donors (Lipinski definition) is 1. The molecule has 2 aliphatic rings. The summed E-state index contributed by atoms with van der Waals surface area (Å²) in [6.07, 6.45) is 8.86. The van der Waals surface area contributed by atoms with E-state index in [2.05, 4.69) is 20.2 Å². The van der Waals surface area contributed by atoms with Gasteiger partial charge in [-0.15, -0.1) is 11.3 Å². The van der Waals surface area contributed by atoms with E-state index in [1.54, 1.807) is 6.33 Å². The van der Waals surface area contributed by atoms with Crippen molar-refractivity contribution in [3.05, 3.63) is 16.8 Å². The minimum atomic E-state index is 0.0508. The van der Waals surface area contributed by atoms with E-state index in [1.165, 1.54) is 37.0 Å². The maximum absolute atomic E-state index is 12.5. The van der Waals surface area contributed by atoms with E-state index in [-0.39, 0.29) is 5.91 Å². The Morgan fingerprint density at radius 1 is 1.22 bits per heavy atom. The highest BCUT2D eigenvalue weighted by Gasteiger charge is 2.27. The van der Waals surface area contributed by atoms with Crippen LogP contribution < -0.4 is 10.2 Å². The first-order valence-electron chi connectivity index (χ1n) is 8.54. The number of carbonyl (C=O) groups is 1. The third-order valence-electron chi connectivity index (χ3n) is 4.73. The Kier molecular flexibility index (Phi) is 3.93. The SMILES string of the molecule is Cc1c(C(=O)NC2CC2)sc2ncnc(N3CCCCCC3)c12. The highest BCUT2D eigenvalue weighted by atomic mass is 32.1. The van der Waals surface area contributed by atoms with Gasteiger partial charge < -0.3 is 10.2 Å². The van der Waals surface area contributed by atoms with Gasteiger partial charge in [0.15, 0.2) is 0 Å². The minimum absolute atomic E-state index is 0.0508. The Morgan fingerprint density at radius 2 is 1.96 bits per heavy atom. The zero-order valence-electron chi connectivity index (χ0n) is 13.5. The largest absolute Gasteiger partial charge is 0.356 e. The normalized spacial score (nSPS) is 18.9. The van der Waals surface area contributed by atoms with Gasteiger partial charge in [-0.05, 0) is 38.2 Å². The van der Waals surface area contributed by atoms with Crippen LogP contribution in [0.15, 0.2) is 6.33 Å². The molecule has 4 rings (SSSR count). The molecule has 0 spiro atoms. The second-order valence-corrected chi connectivity index (χ2v) is 7.58. The van der Waals surface area contributed by atoms with E-state index < -0.39 is 0 Å². The van der Waals surface area contributed by atoms with Crippen molar-refractivity contribution in [2.75, 3.05) is 18.0 Å². The molecule has 1 aliphatic heterocycles. The number of anilines is 1. The van der Waals surface area contributed by atoms with Crippen molar-refractivity contribution in [2.45, 2.75) is 51.5 Å². The van der Waals surface area contributed by atoms with Crippen molar-refractivity contribution in [3.8, 4) is 0 Å². The molecular formula is C17H22N4OS. The van der Waals surface area contributed by atoms with E-state index >= 15 is 0 Å². The lowest BCUT2D eigenvalue weighted by Gasteiger charge is -2.22. The van der Waals surface area contributed by atoms with Crippen LogP contribution in [0.25, 0.3) is 10.2 Å². The van der Waals surface area contributed by atoms with Crippen LogP contribution in [0.5, 0.6) is 0 Å². The van der Waals surface area contributed by atoms with Gasteiger partial charge in [0.25, 0.3) is 5.91 Å². The van der Waals surface area contributed by atoms with Crippen molar-refractivity contribution < 1.29 is 4.79 Å². The number of amides is 1. The van der Waals surface area contributed by atoms with E-state index in [1.807, 2.05) is 6.92 Å². The van der Waals surface area contributed by atoms with Crippen LogP contribution in [0.3, 0.4) is 0 Å². The highest BCUT2D eigenvalue weighted by Crippen LogP contribution is 2.36. The molecule has 1 amide bonds. The van der Waals surface area contributed by atoms with Crippen molar-refractivity contribution in [3.63, 3.8) is 0 Å². The Labute approximate surface area is 140 Å². The van der Waals surface area contributed by atoms with Gasteiger partial charge in [0.1, 0.15) is 17.0 Å². The van der Waals surface area contributed by atoms with E-state index in [4.69, 9.17) is 0 Å². The molecule has 2 fully saturated rings. The van der Waals surface area contributed by atoms with Crippen LogP contribution in [0.4, 0.5) is 5.82 Å². The monoisotopic (exact) mass is 330 g/mol. The molecule has 1 saturated heterocycles. The second-order valence-electron chi connectivity index (χ2n) is 6.58. The van der Waals surface area contributed by atoms with Crippen LogP contribution in [0.2, 0.25) is 0 Å². The zero-order valence-corrected chi connectivity index (χ0v) is 14.3. The molecule has 6 heteroatoms. The molecule has 0 aromatic carbocycles. The number of carbonyl (C=O) groups excluding carboxylic acids is 1. The first-order chi connectivity index (χ1) is 11.2. The predicted octanol–water partition coefficient (Wildman–Crippen LogP) is 3.27. The van der Waals surface area contributed by atoms with Crippen molar-refractivity contribution in [1.29, 1.82) is 0 Å². The van der Waals surface area contributed by atoms with Gasteiger partial charge in [0.05, 0.1) is 10.3 Å². The average Bonchev–Trinajstić information content (AvgIpc) is 3.34. The molecular weight excluding hydrogens is 308 g/mol. The predicted molar refractivity (Wildman–Crippen MR) is 93.3 cm³/mol. The molecule has 23 heavy (non-hydrogen) atoms. The molecule has 1 N–H and O–H groups in total. The van der Waals surface area contributed by atoms with Crippen LogP contribution in [0, 0.1) is 6.92 Å². The molecule has 0 bridgehead atoms. The van der Waals surface area contributed by atoms with E-state index in [0.29, 0.717) is 6.04 Å². The third kappa shape index (κ3) is 2.92. The lowest BCUT2D eigenvalue weighted by Crippen LogP contribution is -2.26. The van der Waals surface area contributed by atoms with Gasteiger partial charge >= 0.3 is 0 Å². The number of thiophene rings is 1. The molecule has 2 aromatic rings. The summed E-state index contributed by atoms with van der Waals surface area (Å²) in [5, 5.41) is 4.16. The van der Waals surface area contributed by atoms with Crippen LogP contribution >= 0.6 is 11.3 Å². The summed E-state index contributed by atoms with van der Waals surface area (Å²) in [7, 11) is 0. The molecule has 2 aromatic heterocycles. The molecule has 1 saturated carbocycles. The Balaban J connectivity index is 1.73. The maximum Gasteiger partial charge on any atom is 0.261 e. The summed E-state index contributed by atoms with van der Waals surface area (Å²) >= 11 is 1.50. The van der Waals surface area contributed by atoms with E-state index in [0.717, 1.165) is 52.4 Å². The van der Waals surface area contributed by atoms with Gasteiger partial charge in [-0.1, -0.05) is 12.8 Å². The molecule has 1 aliphatic carbocycles. The Bertz CT molecular complexity index is 730. The van der Waals surface area contributed by atoms with Crippen molar-refractivity contribution in [2.24, 2.45) is 0 Å². The summed E-state index contributed by atoms with van der Waals surface area (Å²) < 4.78 is 0. The van der Waals surface area contributed by atoms with Crippen molar-refractivity contribution in [1.82, 2.24) is 15.3 Å². The number of fused-ring (bicyclic) bond motifs is 1. The Morgan fingerprint density at radius 3 is 2.65 bits per heavy atom. The van der Waals surface area contributed by atoms with Gasteiger partial charge in [-0.2, -0.15) is 0 Å². The number of aryl methyl sites for hydroxylation is 1. The number of hydrogen-bond acceptors (Lipinski definition) is 5. The summed E-state index contributed by atoms with van der Waals surface area (Å²) in [5.74, 6) is 1.06. The average molecular weight is 330 g/mol. The quantitative estimate of drug-likeness (QED) is 0.938. The first kappa shape index (κ1) is 14.9. The molecule has 0 unspecified atom stereocenters. The summed E-state index contributed by atoms with van der Waals surface area (Å²) in [6.45, 7) is 4.13. The van der Waals surface area contributed by atoms with Gasteiger partial charge in [-0.25, -0.2) is 9.97 Å². The molecule has 3 heterocycles. The van der Waals surface area contributed by atoms with Gasteiger partial charge in [0, 0.05) is 19.1 Å². The lowest BCUT2D eigenvalue weighted by molar-refractivity contribution is 0.0954. The molecule has 0 atom stereocenters. The fourth-order valence-corrected chi connectivity index (χ4v) is 4.32.